The lowest BCUT2D eigenvalue weighted by atomic mass is 10.1. The molecule has 1 atom stereocenters. The summed E-state index contributed by atoms with van der Waals surface area (Å²) in [7, 11) is 1.67. The predicted octanol–water partition coefficient (Wildman–Crippen LogP) is 1.28. The van der Waals surface area contributed by atoms with Gasteiger partial charge in [-0.3, -0.25) is 19.4 Å². The second-order valence-electron chi connectivity index (χ2n) is 5.74. The summed E-state index contributed by atoms with van der Waals surface area (Å²) in [6.07, 6.45) is 2.25. The van der Waals surface area contributed by atoms with Gasteiger partial charge in [0, 0.05) is 38.6 Å². The van der Waals surface area contributed by atoms with Gasteiger partial charge in [-0.2, -0.15) is 5.10 Å². The summed E-state index contributed by atoms with van der Waals surface area (Å²) in [5.41, 5.74) is 3.24. The van der Waals surface area contributed by atoms with Crippen LogP contribution < -0.4 is 5.32 Å². The summed E-state index contributed by atoms with van der Waals surface area (Å²) in [5, 5.41) is 7.07. The Bertz CT molecular complexity index is 666. The molecule has 0 unspecified atom stereocenters. The Morgan fingerprint density at radius 3 is 3.05 bits per heavy atom. The molecule has 2 aromatic heterocycles. The van der Waals surface area contributed by atoms with Crippen molar-refractivity contribution in [1.29, 1.82) is 0 Å². The number of carbonyl (C=O) groups excluding carboxylic acids is 1. The Labute approximate surface area is 130 Å². The van der Waals surface area contributed by atoms with Crippen LogP contribution in [0.4, 0.5) is 0 Å². The Hall–Kier alpha value is -2.21. The van der Waals surface area contributed by atoms with Gasteiger partial charge in [0.05, 0.1) is 23.9 Å². The van der Waals surface area contributed by atoms with Crippen molar-refractivity contribution in [2.24, 2.45) is 0 Å². The monoisotopic (exact) mass is 299 g/mol. The fraction of sp³-hybridized carbons (Fsp3) is 0.438. The van der Waals surface area contributed by atoms with Crippen molar-refractivity contribution >= 4 is 5.91 Å². The molecule has 6 nitrogen and oxygen atoms in total. The van der Waals surface area contributed by atoms with E-state index >= 15 is 0 Å². The van der Waals surface area contributed by atoms with Gasteiger partial charge in [-0.1, -0.05) is 6.07 Å². The lowest BCUT2D eigenvalue weighted by molar-refractivity contribution is -0.121. The zero-order chi connectivity index (χ0) is 15.5. The van der Waals surface area contributed by atoms with E-state index in [1.807, 2.05) is 35.9 Å². The van der Waals surface area contributed by atoms with E-state index in [0.29, 0.717) is 6.42 Å². The van der Waals surface area contributed by atoms with Gasteiger partial charge >= 0.3 is 0 Å². The van der Waals surface area contributed by atoms with Crippen LogP contribution in [-0.2, 0) is 17.9 Å². The second kappa shape index (κ2) is 6.27. The van der Waals surface area contributed by atoms with Crippen LogP contribution in [0.15, 0.2) is 30.5 Å². The molecule has 0 saturated carbocycles. The minimum Gasteiger partial charge on any atom is -0.359 e. The van der Waals surface area contributed by atoms with Crippen LogP contribution >= 0.6 is 0 Å². The molecule has 116 valence electrons. The third-order valence-corrected chi connectivity index (χ3v) is 3.98. The maximum atomic E-state index is 11.7. The van der Waals surface area contributed by atoms with E-state index in [-0.39, 0.29) is 11.9 Å². The summed E-state index contributed by atoms with van der Waals surface area (Å²) < 4.78 is 1.98. The maximum absolute atomic E-state index is 11.7. The third kappa shape index (κ3) is 3.17. The molecule has 3 rings (SSSR count). The fourth-order valence-corrected chi connectivity index (χ4v) is 2.97. The van der Waals surface area contributed by atoms with Crippen LogP contribution in [0.3, 0.4) is 0 Å². The SMILES string of the molecule is CNC(=O)C[C@H]1CN(Cc2cccc(C)n2)Cc2ccnn21. The van der Waals surface area contributed by atoms with Crippen LogP contribution in [0.25, 0.3) is 0 Å². The first-order valence-corrected chi connectivity index (χ1v) is 7.53. The zero-order valence-corrected chi connectivity index (χ0v) is 13.0. The van der Waals surface area contributed by atoms with Gasteiger partial charge in [0.25, 0.3) is 0 Å². The van der Waals surface area contributed by atoms with E-state index in [9.17, 15) is 4.79 Å². The quantitative estimate of drug-likeness (QED) is 0.924. The Morgan fingerprint density at radius 1 is 1.41 bits per heavy atom. The molecule has 6 heteroatoms. The summed E-state index contributed by atoms with van der Waals surface area (Å²) in [6.45, 7) is 4.43. The molecule has 0 saturated heterocycles. The van der Waals surface area contributed by atoms with Gasteiger partial charge in [-0.15, -0.1) is 0 Å². The lowest BCUT2D eigenvalue weighted by Crippen LogP contribution is -2.39. The number of nitrogens with zero attached hydrogens (tertiary/aromatic N) is 4. The zero-order valence-electron chi connectivity index (χ0n) is 13.0. The summed E-state index contributed by atoms with van der Waals surface area (Å²) in [4.78, 5) is 18.6. The molecule has 0 fully saturated rings. The fourth-order valence-electron chi connectivity index (χ4n) is 2.97. The lowest BCUT2D eigenvalue weighted by Gasteiger charge is -2.33. The first-order valence-electron chi connectivity index (χ1n) is 7.53. The van der Waals surface area contributed by atoms with Crippen molar-refractivity contribution in [3.05, 3.63) is 47.5 Å². The molecule has 2 aromatic rings. The van der Waals surface area contributed by atoms with E-state index in [1.165, 1.54) is 0 Å². The van der Waals surface area contributed by atoms with Gasteiger partial charge in [0.1, 0.15) is 0 Å². The van der Waals surface area contributed by atoms with E-state index in [0.717, 1.165) is 36.7 Å². The van der Waals surface area contributed by atoms with Crippen LogP contribution in [-0.4, -0.2) is 39.2 Å². The first-order chi connectivity index (χ1) is 10.7. The predicted molar refractivity (Wildman–Crippen MR) is 83.0 cm³/mol. The first kappa shape index (κ1) is 14.7. The van der Waals surface area contributed by atoms with Crippen molar-refractivity contribution in [1.82, 2.24) is 25.0 Å². The molecule has 0 bridgehead atoms. The van der Waals surface area contributed by atoms with Crippen molar-refractivity contribution in [2.75, 3.05) is 13.6 Å². The van der Waals surface area contributed by atoms with Gasteiger partial charge in [0.15, 0.2) is 0 Å². The Kier molecular flexibility index (Phi) is 4.20. The number of amides is 1. The molecule has 1 amide bonds. The number of nitrogens with one attached hydrogen (secondary N) is 1. The molecule has 3 heterocycles. The summed E-state index contributed by atoms with van der Waals surface area (Å²) in [5.74, 6) is 0.0435. The minimum atomic E-state index is 0.0435. The van der Waals surface area contributed by atoms with Gasteiger partial charge in [-0.25, -0.2) is 0 Å². The minimum absolute atomic E-state index is 0.0435. The Morgan fingerprint density at radius 2 is 2.27 bits per heavy atom. The average molecular weight is 299 g/mol. The number of aromatic nitrogens is 3. The van der Waals surface area contributed by atoms with E-state index in [1.54, 1.807) is 13.2 Å². The van der Waals surface area contributed by atoms with Crippen LogP contribution in [0.5, 0.6) is 0 Å². The van der Waals surface area contributed by atoms with Crippen molar-refractivity contribution in [3.8, 4) is 0 Å². The second-order valence-corrected chi connectivity index (χ2v) is 5.74. The van der Waals surface area contributed by atoms with Crippen LogP contribution in [0.2, 0.25) is 0 Å². The van der Waals surface area contributed by atoms with Gasteiger partial charge < -0.3 is 5.32 Å². The standard InChI is InChI=1S/C16H21N5O/c1-12-4-3-5-13(19-12)9-20-10-14-6-7-18-21(14)15(11-20)8-16(22)17-2/h3-7,15H,8-11H2,1-2H3,(H,17,22)/t15-/m0/s1. The van der Waals surface area contributed by atoms with Crippen molar-refractivity contribution in [3.63, 3.8) is 0 Å². The molecule has 1 aliphatic rings. The number of aryl methyl sites for hydroxylation is 1. The van der Waals surface area contributed by atoms with Gasteiger partial charge in [0.2, 0.25) is 5.91 Å². The van der Waals surface area contributed by atoms with E-state index < -0.39 is 0 Å². The topological polar surface area (TPSA) is 63.1 Å². The van der Waals surface area contributed by atoms with E-state index in [2.05, 4.69) is 20.3 Å². The van der Waals surface area contributed by atoms with Crippen molar-refractivity contribution in [2.45, 2.75) is 32.5 Å². The highest BCUT2D eigenvalue weighted by Crippen LogP contribution is 2.24. The number of carbonyl (C=O) groups is 1. The highest BCUT2D eigenvalue weighted by molar-refractivity contribution is 5.76. The smallest absolute Gasteiger partial charge is 0.221 e. The number of hydrogen-bond acceptors (Lipinski definition) is 4. The molecule has 22 heavy (non-hydrogen) atoms. The molecule has 1 N–H and O–H groups in total. The molecular weight excluding hydrogens is 278 g/mol. The molecule has 0 radical (unpaired) electrons. The molecule has 0 aromatic carbocycles. The number of hydrogen-bond donors (Lipinski definition) is 1. The highest BCUT2D eigenvalue weighted by Gasteiger charge is 2.27. The van der Waals surface area contributed by atoms with Crippen LogP contribution in [0.1, 0.15) is 29.5 Å². The average Bonchev–Trinajstić information content (AvgIpc) is 2.95. The number of pyridine rings is 1. The number of rotatable bonds is 4. The molecule has 1 aliphatic heterocycles. The maximum Gasteiger partial charge on any atom is 0.221 e. The van der Waals surface area contributed by atoms with Gasteiger partial charge in [-0.05, 0) is 25.1 Å². The summed E-state index contributed by atoms with van der Waals surface area (Å²) >= 11 is 0. The largest absolute Gasteiger partial charge is 0.359 e. The summed E-state index contributed by atoms with van der Waals surface area (Å²) in [6, 6.07) is 8.18. The number of fused-ring (bicyclic) bond motifs is 1. The Balaban J connectivity index is 1.76. The molecule has 0 aliphatic carbocycles. The van der Waals surface area contributed by atoms with Crippen LogP contribution in [0, 0.1) is 6.92 Å². The normalized spacial score (nSPS) is 18.0. The highest BCUT2D eigenvalue weighted by atomic mass is 16.1. The van der Waals surface area contributed by atoms with Crippen molar-refractivity contribution < 1.29 is 4.79 Å². The van der Waals surface area contributed by atoms with E-state index in [4.69, 9.17) is 0 Å². The molecule has 0 spiro atoms. The molecular formula is C16H21N5O. The third-order valence-electron chi connectivity index (χ3n) is 3.98.